The van der Waals surface area contributed by atoms with Crippen LogP contribution in [0.1, 0.15) is 48.5 Å². The Kier molecular flexibility index (Phi) is 3.54. The average molecular weight is 252 g/mol. The van der Waals surface area contributed by atoms with E-state index in [0.29, 0.717) is 18.2 Å². The van der Waals surface area contributed by atoms with Crippen molar-refractivity contribution < 1.29 is 5.11 Å². The van der Waals surface area contributed by atoms with Gasteiger partial charge in [-0.3, -0.25) is 4.68 Å². The molecule has 0 aliphatic carbocycles. The van der Waals surface area contributed by atoms with Gasteiger partial charge in [0, 0.05) is 12.1 Å². The van der Waals surface area contributed by atoms with Gasteiger partial charge in [0.1, 0.15) is 10.0 Å². The summed E-state index contributed by atoms with van der Waals surface area (Å²) in [6.07, 6.45) is 1.32. The van der Waals surface area contributed by atoms with E-state index >= 15 is 0 Å². The molecule has 0 amide bonds. The molecule has 0 saturated heterocycles. The average Bonchev–Trinajstić information content (AvgIpc) is 2.87. The minimum Gasteiger partial charge on any atom is -0.387 e. The van der Waals surface area contributed by atoms with Gasteiger partial charge in [0.05, 0.1) is 18.3 Å². The van der Waals surface area contributed by atoms with E-state index in [-0.39, 0.29) is 0 Å². The van der Waals surface area contributed by atoms with Crippen LogP contribution in [0.3, 0.4) is 0 Å². The predicted octanol–water partition coefficient (Wildman–Crippen LogP) is 1.96. The monoisotopic (exact) mass is 252 g/mol. The van der Waals surface area contributed by atoms with Crippen LogP contribution in [0.5, 0.6) is 0 Å². The molecule has 0 aliphatic rings. The molecule has 6 heteroatoms. The van der Waals surface area contributed by atoms with Gasteiger partial charge in [0.15, 0.2) is 0 Å². The Morgan fingerprint density at radius 3 is 2.65 bits per heavy atom. The minimum atomic E-state index is -0.531. The van der Waals surface area contributed by atoms with Crippen molar-refractivity contribution in [2.24, 2.45) is 0 Å². The highest BCUT2D eigenvalue weighted by atomic mass is 32.1. The molecule has 5 nitrogen and oxygen atoms in total. The second kappa shape index (κ2) is 4.93. The molecule has 0 spiro atoms. The smallest absolute Gasteiger partial charge is 0.139 e. The number of hydrogen-bond donors (Lipinski definition) is 1. The van der Waals surface area contributed by atoms with Gasteiger partial charge < -0.3 is 5.11 Å². The maximum atomic E-state index is 9.38. The highest BCUT2D eigenvalue weighted by Gasteiger charge is 2.10. The summed E-state index contributed by atoms with van der Waals surface area (Å²) in [5.41, 5.74) is 0.679. The fourth-order valence-corrected chi connectivity index (χ4v) is 2.23. The summed E-state index contributed by atoms with van der Waals surface area (Å²) in [6.45, 7) is 6.51. The van der Waals surface area contributed by atoms with Gasteiger partial charge in [-0.15, -0.1) is 10.2 Å². The highest BCUT2D eigenvalue weighted by Crippen LogP contribution is 2.19. The molecule has 0 aliphatic heterocycles. The van der Waals surface area contributed by atoms with Gasteiger partial charge in [0.2, 0.25) is 0 Å². The lowest BCUT2D eigenvalue weighted by atomic mass is 10.2. The summed E-state index contributed by atoms with van der Waals surface area (Å²) in [6, 6.07) is 1.81. The van der Waals surface area contributed by atoms with Crippen LogP contribution in [-0.4, -0.2) is 25.1 Å². The van der Waals surface area contributed by atoms with Crippen molar-refractivity contribution in [3.05, 3.63) is 28.0 Å². The van der Waals surface area contributed by atoms with E-state index in [1.54, 1.807) is 22.9 Å². The molecule has 0 radical (unpaired) electrons. The second-order valence-electron chi connectivity index (χ2n) is 4.30. The van der Waals surface area contributed by atoms with Gasteiger partial charge in [0.25, 0.3) is 0 Å². The van der Waals surface area contributed by atoms with Crippen molar-refractivity contribution in [2.75, 3.05) is 0 Å². The second-order valence-corrected chi connectivity index (χ2v) is 5.40. The summed E-state index contributed by atoms with van der Waals surface area (Å²) in [5, 5.41) is 23.9. The molecule has 1 N–H and O–H groups in total. The van der Waals surface area contributed by atoms with Gasteiger partial charge in [-0.25, -0.2) is 0 Å². The Balaban J connectivity index is 2.08. The number of hydrogen-bond acceptors (Lipinski definition) is 5. The lowest BCUT2D eigenvalue weighted by Crippen LogP contribution is -2.02. The molecule has 0 aromatic carbocycles. The quantitative estimate of drug-likeness (QED) is 0.903. The topological polar surface area (TPSA) is 63.8 Å². The number of aromatic nitrogens is 4. The van der Waals surface area contributed by atoms with Crippen molar-refractivity contribution in [3.8, 4) is 0 Å². The number of aliphatic hydroxyl groups excluding tert-OH is 1. The van der Waals surface area contributed by atoms with E-state index in [9.17, 15) is 5.11 Å². The van der Waals surface area contributed by atoms with E-state index in [0.717, 1.165) is 10.0 Å². The van der Waals surface area contributed by atoms with Crippen molar-refractivity contribution in [3.63, 3.8) is 0 Å². The van der Waals surface area contributed by atoms with Gasteiger partial charge in [-0.05, 0) is 13.0 Å². The molecule has 2 rings (SSSR count). The van der Waals surface area contributed by atoms with Crippen molar-refractivity contribution >= 4 is 11.3 Å². The van der Waals surface area contributed by atoms with Crippen LogP contribution in [0.4, 0.5) is 0 Å². The highest BCUT2D eigenvalue weighted by molar-refractivity contribution is 7.11. The van der Waals surface area contributed by atoms with E-state index in [4.69, 9.17) is 0 Å². The maximum Gasteiger partial charge on any atom is 0.139 e. The molecule has 0 fully saturated rings. The molecule has 1 atom stereocenters. The summed E-state index contributed by atoms with van der Waals surface area (Å²) in [4.78, 5) is 0. The summed E-state index contributed by atoms with van der Waals surface area (Å²) in [7, 11) is 0. The lowest BCUT2D eigenvalue weighted by molar-refractivity contribution is 0.193. The van der Waals surface area contributed by atoms with E-state index in [1.165, 1.54) is 0 Å². The standard InChI is InChI=1S/C11H16N4OS/c1-7(2)11-13-12-10(17-11)6-15-5-4-9(14-15)8(3)16/h4-5,7-8,16H,6H2,1-3H3. The Labute approximate surface area is 104 Å². The van der Waals surface area contributed by atoms with Gasteiger partial charge in [-0.2, -0.15) is 5.10 Å². The van der Waals surface area contributed by atoms with Gasteiger partial charge >= 0.3 is 0 Å². The summed E-state index contributed by atoms with van der Waals surface area (Å²) < 4.78 is 1.77. The van der Waals surface area contributed by atoms with Crippen molar-refractivity contribution in [1.29, 1.82) is 0 Å². The molecule has 0 saturated carbocycles. The zero-order chi connectivity index (χ0) is 12.4. The third-order valence-corrected chi connectivity index (χ3v) is 3.57. The third-order valence-electron chi connectivity index (χ3n) is 2.36. The third kappa shape index (κ3) is 2.89. The first-order chi connectivity index (χ1) is 8.06. The van der Waals surface area contributed by atoms with E-state index in [2.05, 4.69) is 29.1 Å². The maximum absolute atomic E-state index is 9.38. The van der Waals surface area contributed by atoms with Crippen LogP contribution in [0.2, 0.25) is 0 Å². The Morgan fingerprint density at radius 1 is 1.35 bits per heavy atom. The largest absolute Gasteiger partial charge is 0.387 e. The summed E-state index contributed by atoms with van der Waals surface area (Å²) >= 11 is 1.61. The van der Waals surface area contributed by atoms with Crippen LogP contribution >= 0.6 is 11.3 Å². The van der Waals surface area contributed by atoms with E-state index in [1.807, 2.05) is 12.3 Å². The van der Waals surface area contributed by atoms with Crippen molar-refractivity contribution in [2.45, 2.75) is 39.3 Å². The van der Waals surface area contributed by atoms with Crippen LogP contribution < -0.4 is 0 Å². The molecule has 0 bridgehead atoms. The minimum absolute atomic E-state index is 0.409. The Bertz CT molecular complexity index is 445. The molecule has 17 heavy (non-hydrogen) atoms. The SMILES string of the molecule is CC(C)c1nnc(Cn2ccc(C(C)O)n2)s1. The van der Waals surface area contributed by atoms with Crippen LogP contribution in [0.25, 0.3) is 0 Å². The lowest BCUT2D eigenvalue weighted by Gasteiger charge is -1.99. The molecule has 2 aromatic rings. The normalized spacial score (nSPS) is 13.2. The number of rotatable bonds is 4. The molecule has 2 aromatic heterocycles. The molecule has 2 heterocycles. The fraction of sp³-hybridized carbons (Fsp3) is 0.545. The zero-order valence-electron chi connectivity index (χ0n) is 10.2. The predicted molar refractivity (Wildman–Crippen MR) is 66.0 cm³/mol. The zero-order valence-corrected chi connectivity index (χ0v) is 11.0. The van der Waals surface area contributed by atoms with Gasteiger partial charge in [-0.1, -0.05) is 25.2 Å². The number of aliphatic hydroxyl groups is 1. The van der Waals surface area contributed by atoms with Crippen LogP contribution in [0, 0.1) is 0 Å². The van der Waals surface area contributed by atoms with E-state index < -0.39 is 6.10 Å². The first-order valence-electron chi connectivity index (χ1n) is 5.60. The first-order valence-corrected chi connectivity index (χ1v) is 6.41. The number of nitrogens with zero attached hydrogens (tertiary/aromatic N) is 4. The van der Waals surface area contributed by atoms with Crippen molar-refractivity contribution in [1.82, 2.24) is 20.0 Å². The molecular weight excluding hydrogens is 236 g/mol. The first kappa shape index (κ1) is 12.2. The Hall–Kier alpha value is -1.27. The summed E-state index contributed by atoms with van der Waals surface area (Å²) in [5.74, 6) is 0.409. The van der Waals surface area contributed by atoms with Crippen LogP contribution in [-0.2, 0) is 6.54 Å². The fourth-order valence-electron chi connectivity index (χ4n) is 1.39. The molecule has 1 unspecified atom stereocenters. The van der Waals surface area contributed by atoms with Crippen LogP contribution in [0.15, 0.2) is 12.3 Å². The molecular formula is C11H16N4OS. The molecule has 92 valence electrons. The Morgan fingerprint density at radius 2 is 2.12 bits per heavy atom.